The number of esters is 1. The van der Waals surface area contributed by atoms with Crippen molar-refractivity contribution in [3.05, 3.63) is 35.4 Å². The largest absolute Gasteiger partial charge is 0.465 e. The van der Waals surface area contributed by atoms with E-state index in [9.17, 15) is 4.79 Å². The van der Waals surface area contributed by atoms with Crippen LogP contribution >= 0.6 is 0 Å². The molecular weight excluding hydrogens is 178 g/mol. The van der Waals surface area contributed by atoms with Gasteiger partial charge in [-0.15, -0.1) is 0 Å². The molecule has 3 heteroatoms. The molecule has 14 heavy (non-hydrogen) atoms. The van der Waals surface area contributed by atoms with Crippen LogP contribution in [0.3, 0.4) is 0 Å². The van der Waals surface area contributed by atoms with Crippen molar-refractivity contribution in [1.29, 1.82) is 5.26 Å². The molecule has 0 atom stereocenters. The molecule has 0 aliphatic rings. The van der Waals surface area contributed by atoms with Gasteiger partial charge in [0.05, 0.1) is 18.7 Å². The lowest BCUT2D eigenvalue weighted by Gasteiger charge is -2.04. The number of carbonyl (C=O) groups excluding carboxylic acids is 1. The molecule has 0 spiro atoms. The number of aryl methyl sites for hydroxylation is 1. The van der Waals surface area contributed by atoms with Crippen LogP contribution in [0.25, 0.3) is 0 Å². The summed E-state index contributed by atoms with van der Waals surface area (Å²) in [6, 6.07) is 9.22. The SMILES string of the molecule is COC(=O)c1ccccc1CCC#N. The third-order valence-electron chi connectivity index (χ3n) is 1.93. The molecule has 1 aromatic carbocycles. The number of ether oxygens (including phenoxy) is 1. The van der Waals surface area contributed by atoms with Gasteiger partial charge in [0.2, 0.25) is 0 Å². The van der Waals surface area contributed by atoms with Crippen LogP contribution in [0.4, 0.5) is 0 Å². The normalized spacial score (nSPS) is 9.14. The topological polar surface area (TPSA) is 50.1 Å². The molecule has 0 saturated heterocycles. The Kier molecular flexibility index (Phi) is 3.69. The van der Waals surface area contributed by atoms with Gasteiger partial charge in [0.1, 0.15) is 0 Å². The molecule has 0 amide bonds. The van der Waals surface area contributed by atoms with E-state index in [1.807, 2.05) is 18.2 Å². The van der Waals surface area contributed by atoms with Crippen molar-refractivity contribution >= 4 is 5.97 Å². The van der Waals surface area contributed by atoms with Gasteiger partial charge in [0.15, 0.2) is 0 Å². The summed E-state index contributed by atoms with van der Waals surface area (Å²) in [6.45, 7) is 0. The van der Waals surface area contributed by atoms with E-state index in [0.717, 1.165) is 5.56 Å². The summed E-state index contributed by atoms with van der Waals surface area (Å²) >= 11 is 0. The molecule has 1 rings (SSSR count). The molecule has 0 aliphatic heterocycles. The third kappa shape index (κ3) is 2.33. The summed E-state index contributed by atoms with van der Waals surface area (Å²) in [5.41, 5.74) is 1.41. The molecule has 0 radical (unpaired) electrons. The summed E-state index contributed by atoms with van der Waals surface area (Å²) < 4.78 is 4.64. The number of hydrogen-bond donors (Lipinski definition) is 0. The lowest BCUT2D eigenvalue weighted by Crippen LogP contribution is -2.05. The minimum Gasteiger partial charge on any atom is -0.465 e. The van der Waals surface area contributed by atoms with Crippen LogP contribution < -0.4 is 0 Å². The standard InChI is InChI=1S/C11H11NO2/c1-14-11(13)10-7-3-2-5-9(10)6-4-8-12/h2-3,5,7H,4,6H2,1H3. The number of nitrogens with zero attached hydrogens (tertiary/aromatic N) is 1. The van der Waals surface area contributed by atoms with Crippen molar-refractivity contribution in [1.82, 2.24) is 0 Å². The Balaban J connectivity index is 2.92. The molecule has 0 aromatic heterocycles. The molecule has 1 aromatic rings. The van der Waals surface area contributed by atoms with Crippen LogP contribution in [0.15, 0.2) is 24.3 Å². The number of carbonyl (C=O) groups is 1. The van der Waals surface area contributed by atoms with Gasteiger partial charge in [0.25, 0.3) is 0 Å². The predicted octanol–water partition coefficient (Wildman–Crippen LogP) is 1.93. The zero-order valence-electron chi connectivity index (χ0n) is 7.99. The van der Waals surface area contributed by atoms with Gasteiger partial charge in [-0.3, -0.25) is 0 Å². The van der Waals surface area contributed by atoms with Gasteiger partial charge in [-0.1, -0.05) is 18.2 Å². The van der Waals surface area contributed by atoms with E-state index in [1.165, 1.54) is 7.11 Å². The summed E-state index contributed by atoms with van der Waals surface area (Å²) in [6.07, 6.45) is 0.996. The Morgan fingerprint density at radius 3 is 2.86 bits per heavy atom. The van der Waals surface area contributed by atoms with E-state index in [-0.39, 0.29) is 5.97 Å². The molecule has 0 saturated carbocycles. The van der Waals surface area contributed by atoms with Gasteiger partial charge in [-0.05, 0) is 18.1 Å². The van der Waals surface area contributed by atoms with E-state index in [0.29, 0.717) is 18.4 Å². The van der Waals surface area contributed by atoms with Gasteiger partial charge in [-0.25, -0.2) is 4.79 Å². The van der Waals surface area contributed by atoms with Gasteiger partial charge in [0, 0.05) is 6.42 Å². The predicted molar refractivity (Wildman–Crippen MR) is 51.7 cm³/mol. The Morgan fingerprint density at radius 1 is 1.50 bits per heavy atom. The molecular formula is C11H11NO2. The quantitative estimate of drug-likeness (QED) is 0.682. The van der Waals surface area contributed by atoms with Crippen molar-refractivity contribution in [3.8, 4) is 6.07 Å². The first-order valence-electron chi connectivity index (χ1n) is 4.32. The highest BCUT2D eigenvalue weighted by Gasteiger charge is 2.09. The Hall–Kier alpha value is -1.82. The second-order valence-corrected chi connectivity index (χ2v) is 2.81. The molecule has 3 nitrogen and oxygen atoms in total. The van der Waals surface area contributed by atoms with Crippen LogP contribution in [0.1, 0.15) is 22.3 Å². The zero-order valence-corrected chi connectivity index (χ0v) is 7.99. The highest BCUT2D eigenvalue weighted by Crippen LogP contribution is 2.11. The highest BCUT2D eigenvalue weighted by atomic mass is 16.5. The van der Waals surface area contributed by atoms with E-state index in [2.05, 4.69) is 4.74 Å². The minimum atomic E-state index is -0.349. The fourth-order valence-electron chi connectivity index (χ4n) is 1.24. The Bertz CT molecular complexity index is 366. The summed E-state index contributed by atoms with van der Waals surface area (Å²) in [5.74, 6) is -0.349. The molecule has 0 bridgehead atoms. The third-order valence-corrected chi connectivity index (χ3v) is 1.93. The Morgan fingerprint density at radius 2 is 2.21 bits per heavy atom. The van der Waals surface area contributed by atoms with E-state index < -0.39 is 0 Å². The first-order valence-corrected chi connectivity index (χ1v) is 4.32. The lowest BCUT2D eigenvalue weighted by atomic mass is 10.0. The monoisotopic (exact) mass is 189 g/mol. The summed E-state index contributed by atoms with van der Waals surface area (Å²) in [5, 5.41) is 8.45. The van der Waals surface area contributed by atoms with Gasteiger partial charge < -0.3 is 4.74 Å². The van der Waals surface area contributed by atoms with E-state index >= 15 is 0 Å². The molecule has 0 N–H and O–H groups in total. The molecule has 0 unspecified atom stereocenters. The zero-order chi connectivity index (χ0) is 10.4. The summed E-state index contributed by atoms with van der Waals surface area (Å²) in [7, 11) is 1.35. The average molecular weight is 189 g/mol. The van der Waals surface area contributed by atoms with Crippen molar-refractivity contribution in [2.24, 2.45) is 0 Å². The van der Waals surface area contributed by atoms with Crippen LogP contribution in [0, 0.1) is 11.3 Å². The van der Waals surface area contributed by atoms with Crippen LogP contribution in [-0.4, -0.2) is 13.1 Å². The highest BCUT2D eigenvalue weighted by molar-refractivity contribution is 5.90. The van der Waals surface area contributed by atoms with Crippen molar-refractivity contribution in [2.45, 2.75) is 12.8 Å². The Labute approximate surface area is 82.9 Å². The van der Waals surface area contributed by atoms with Gasteiger partial charge >= 0.3 is 5.97 Å². The molecule has 0 heterocycles. The maximum absolute atomic E-state index is 11.3. The van der Waals surface area contributed by atoms with Crippen LogP contribution in [0.2, 0.25) is 0 Å². The second kappa shape index (κ2) is 5.03. The number of nitriles is 1. The average Bonchev–Trinajstić information content (AvgIpc) is 2.25. The molecule has 0 fully saturated rings. The molecule has 72 valence electrons. The maximum atomic E-state index is 11.3. The van der Waals surface area contributed by atoms with Crippen molar-refractivity contribution in [3.63, 3.8) is 0 Å². The fourth-order valence-corrected chi connectivity index (χ4v) is 1.24. The van der Waals surface area contributed by atoms with Crippen molar-refractivity contribution in [2.75, 3.05) is 7.11 Å². The number of methoxy groups -OCH3 is 1. The first kappa shape index (κ1) is 10.3. The fraction of sp³-hybridized carbons (Fsp3) is 0.273. The number of benzene rings is 1. The summed E-state index contributed by atoms with van der Waals surface area (Å²) in [4.78, 5) is 11.3. The van der Waals surface area contributed by atoms with Crippen LogP contribution in [-0.2, 0) is 11.2 Å². The van der Waals surface area contributed by atoms with Gasteiger partial charge in [-0.2, -0.15) is 5.26 Å². The lowest BCUT2D eigenvalue weighted by molar-refractivity contribution is 0.0599. The second-order valence-electron chi connectivity index (χ2n) is 2.81. The minimum absolute atomic E-state index is 0.349. The van der Waals surface area contributed by atoms with Crippen molar-refractivity contribution < 1.29 is 9.53 Å². The maximum Gasteiger partial charge on any atom is 0.338 e. The number of hydrogen-bond acceptors (Lipinski definition) is 3. The van der Waals surface area contributed by atoms with E-state index in [1.54, 1.807) is 12.1 Å². The van der Waals surface area contributed by atoms with Crippen LogP contribution in [0.5, 0.6) is 0 Å². The molecule has 0 aliphatic carbocycles. The van der Waals surface area contributed by atoms with E-state index in [4.69, 9.17) is 5.26 Å². The number of rotatable bonds is 3. The smallest absolute Gasteiger partial charge is 0.338 e. The first-order chi connectivity index (χ1) is 6.79.